The minimum atomic E-state index is 0.571. The second-order valence-electron chi connectivity index (χ2n) is 4.52. The standard InChI is InChI=1S/C14H21NS2/c1-11(16-2)7-9-15-13-8-10-17-14-6-4-3-5-12(13)14/h3-6,11,13,15H,7-10H2,1-2H3. The second-order valence-corrected chi connectivity index (χ2v) is 6.93. The number of fused-ring (bicyclic) bond motifs is 1. The van der Waals surface area contributed by atoms with Crippen molar-refractivity contribution >= 4 is 23.5 Å². The minimum absolute atomic E-state index is 0.571. The summed E-state index contributed by atoms with van der Waals surface area (Å²) in [6.07, 6.45) is 4.71. The van der Waals surface area contributed by atoms with Crippen LogP contribution in [0.15, 0.2) is 29.2 Å². The van der Waals surface area contributed by atoms with Crippen LogP contribution in [0.25, 0.3) is 0 Å². The Morgan fingerprint density at radius 1 is 1.47 bits per heavy atom. The van der Waals surface area contributed by atoms with Crippen LogP contribution < -0.4 is 5.32 Å². The van der Waals surface area contributed by atoms with Crippen LogP contribution in [0.4, 0.5) is 0 Å². The number of thioether (sulfide) groups is 2. The molecule has 0 aliphatic carbocycles. The first kappa shape index (κ1) is 13.3. The number of rotatable bonds is 5. The molecular formula is C14H21NS2. The summed E-state index contributed by atoms with van der Waals surface area (Å²) in [5, 5.41) is 4.48. The molecule has 3 heteroatoms. The van der Waals surface area contributed by atoms with Crippen molar-refractivity contribution in [1.82, 2.24) is 5.32 Å². The zero-order valence-electron chi connectivity index (χ0n) is 10.6. The van der Waals surface area contributed by atoms with Crippen molar-refractivity contribution in [2.45, 2.75) is 36.0 Å². The summed E-state index contributed by atoms with van der Waals surface area (Å²) in [4.78, 5) is 1.47. The Bertz CT molecular complexity index is 354. The van der Waals surface area contributed by atoms with Gasteiger partial charge in [-0.25, -0.2) is 0 Å². The maximum atomic E-state index is 3.72. The van der Waals surface area contributed by atoms with E-state index in [0.29, 0.717) is 6.04 Å². The Hall–Kier alpha value is -0.120. The third-order valence-electron chi connectivity index (χ3n) is 3.30. The average molecular weight is 267 g/mol. The van der Waals surface area contributed by atoms with Gasteiger partial charge in [-0.3, -0.25) is 0 Å². The van der Waals surface area contributed by atoms with Gasteiger partial charge in [0.25, 0.3) is 0 Å². The summed E-state index contributed by atoms with van der Waals surface area (Å²) in [7, 11) is 0. The van der Waals surface area contributed by atoms with E-state index in [1.165, 1.54) is 29.1 Å². The molecule has 17 heavy (non-hydrogen) atoms. The van der Waals surface area contributed by atoms with E-state index in [0.717, 1.165) is 11.8 Å². The van der Waals surface area contributed by atoms with Crippen LogP contribution in [0, 0.1) is 0 Å². The van der Waals surface area contributed by atoms with Gasteiger partial charge in [0.1, 0.15) is 0 Å². The summed E-state index contributed by atoms with van der Waals surface area (Å²) in [5.41, 5.74) is 1.50. The molecule has 1 aliphatic rings. The first-order valence-corrected chi connectivity index (χ1v) is 8.56. The third-order valence-corrected chi connectivity index (χ3v) is 5.47. The highest BCUT2D eigenvalue weighted by atomic mass is 32.2. The minimum Gasteiger partial charge on any atom is -0.310 e. The van der Waals surface area contributed by atoms with Crippen LogP contribution >= 0.6 is 23.5 Å². The van der Waals surface area contributed by atoms with Crippen molar-refractivity contribution in [2.24, 2.45) is 0 Å². The normalized spacial score (nSPS) is 20.9. The molecule has 0 bridgehead atoms. The molecule has 0 fully saturated rings. The lowest BCUT2D eigenvalue weighted by Crippen LogP contribution is -2.26. The molecule has 94 valence electrons. The molecule has 0 saturated carbocycles. The molecule has 2 atom stereocenters. The van der Waals surface area contributed by atoms with E-state index in [2.05, 4.69) is 42.8 Å². The van der Waals surface area contributed by atoms with Gasteiger partial charge < -0.3 is 5.32 Å². The molecule has 1 aromatic rings. The van der Waals surface area contributed by atoms with Gasteiger partial charge in [-0.15, -0.1) is 11.8 Å². The quantitative estimate of drug-likeness (QED) is 0.867. The molecule has 1 N–H and O–H groups in total. The first-order chi connectivity index (χ1) is 8.31. The lowest BCUT2D eigenvalue weighted by molar-refractivity contribution is 0.502. The van der Waals surface area contributed by atoms with Crippen molar-refractivity contribution < 1.29 is 0 Å². The highest BCUT2D eigenvalue weighted by Gasteiger charge is 2.19. The van der Waals surface area contributed by atoms with Gasteiger partial charge in [0, 0.05) is 16.2 Å². The van der Waals surface area contributed by atoms with Crippen LogP contribution in [0.2, 0.25) is 0 Å². The lowest BCUT2D eigenvalue weighted by atomic mass is 10.0. The van der Waals surface area contributed by atoms with Crippen molar-refractivity contribution in [3.8, 4) is 0 Å². The number of nitrogens with one attached hydrogen (secondary N) is 1. The summed E-state index contributed by atoms with van der Waals surface area (Å²) >= 11 is 3.95. The first-order valence-electron chi connectivity index (χ1n) is 6.29. The molecule has 0 spiro atoms. The second kappa shape index (κ2) is 6.72. The molecule has 1 aliphatic heterocycles. The van der Waals surface area contributed by atoms with Crippen LogP contribution in [-0.4, -0.2) is 23.8 Å². The molecule has 1 nitrogen and oxygen atoms in total. The van der Waals surface area contributed by atoms with Crippen LogP contribution in [-0.2, 0) is 0 Å². The lowest BCUT2D eigenvalue weighted by Gasteiger charge is -2.26. The molecule has 0 saturated heterocycles. The molecular weight excluding hydrogens is 246 g/mol. The monoisotopic (exact) mass is 267 g/mol. The molecule has 0 amide bonds. The van der Waals surface area contributed by atoms with Gasteiger partial charge in [0.2, 0.25) is 0 Å². The average Bonchev–Trinajstić information content (AvgIpc) is 2.39. The highest BCUT2D eigenvalue weighted by Crippen LogP contribution is 2.35. The van der Waals surface area contributed by atoms with Gasteiger partial charge >= 0.3 is 0 Å². The largest absolute Gasteiger partial charge is 0.310 e. The maximum absolute atomic E-state index is 3.72. The fourth-order valence-electron chi connectivity index (χ4n) is 2.13. The zero-order chi connectivity index (χ0) is 12.1. The van der Waals surface area contributed by atoms with E-state index in [9.17, 15) is 0 Å². The number of hydrogen-bond acceptors (Lipinski definition) is 3. The SMILES string of the molecule is CSC(C)CCNC1CCSc2ccccc21. The molecule has 0 radical (unpaired) electrons. The Morgan fingerprint density at radius 3 is 3.12 bits per heavy atom. The fraction of sp³-hybridized carbons (Fsp3) is 0.571. The zero-order valence-corrected chi connectivity index (χ0v) is 12.2. The Morgan fingerprint density at radius 2 is 2.29 bits per heavy atom. The highest BCUT2D eigenvalue weighted by molar-refractivity contribution is 7.99. The van der Waals surface area contributed by atoms with Gasteiger partial charge in [-0.05, 0) is 43.0 Å². The van der Waals surface area contributed by atoms with Crippen LogP contribution in [0.3, 0.4) is 0 Å². The smallest absolute Gasteiger partial charge is 0.0339 e. The predicted octanol–water partition coefficient (Wildman–Crippen LogP) is 3.95. The predicted molar refractivity (Wildman–Crippen MR) is 80.1 cm³/mol. The summed E-state index contributed by atoms with van der Waals surface area (Å²) < 4.78 is 0. The van der Waals surface area contributed by atoms with Gasteiger partial charge in [0.05, 0.1) is 0 Å². The van der Waals surface area contributed by atoms with Gasteiger partial charge in [0.15, 0.2) is 0 Å². The van der Waals surface area contributed by atoms with Crippen molar-refractivity contribution in [2.75, 3.05) is 18.6 Å². The van der Waals surface area contributed by atoms with Gasteiger partial charge in [-0.2, -0.15) is 11.8 Å². The van der Waals surface area contributed by atoms with E-state index in [1.807, 2.05) is 23.5 Å². The molecule has 1 heterocycles. The van der Waals surface area contributed by atoms with E-state index in [-0.39, 0.29) is 0 Å². The Balaban J connectivity index is 1.90. The maximum Gasteiger partial charge on any atom is 0.0339 e. The van der Waals surface area contributed by atoms with Crippen molar-refractivity contribution in [3.63, 3.8) is 0 Å². The van der Waals surface area contributed by atoms with Crippen molar-refractivity contribution in [1.29, 1.82) is 0 Å². The number of benzene rings is 1. The molecule has 2 rings (SSSR count). The molecule has 2 unspecified atom stereocenters. The molecule has 0 aromatic heterocycles. The van der Waals surface area contributed by atoms with Crippen LogP contribution in [0.1, 0.15) is 31.4 Å². The van der Waals surface area contributed by atoms with E-state index in [1.54, 1.807) is 0 Å². The summed E-state index contributed by atoms with van der Waals surface area (Å²) in [6, 6.07) is 9.39. The molecule has 1 aromatic carbocycles. The fourth-order valence-corrected chi connectivity index (χ4v) is 3.61. The third kappa shape index (κ3) is 3.67. The topological polar surface area (TPSA) is 12.0 Å². The van der Waals surface area contributed by atoms with E-state index in [4.69, 9.17) is 0 Å². The summed E-state index contributed by atoms with van der Waals surface area (Å²) in [5.74, 6) is 1.24. The van der Waals surface area contributed by atoms with E-state index >= 15 is 0 Å². The van der Waals surface area contributed by atoms with E-state index < -0.39 is 0 Å². The summed E-state index contributed by atoms with van der Waals surface area (Å²) in [6.45, 7) is 3.43. The Kier molecular flexibility index (Phi) is 5.26. The van der Waals surface area contributed by atoms with Crippen molar-refractivity contribution in [3.05, 3.63) is 29.8 Å². The Labute approximate surface area is 113 Å². The number of hydrogen-bond donors (Lipinski definition) is 1. The van der Waals surface area contributed by atoms with Gasteiger partial charge in [-0.1, -0.05) is 25.1 Å². The van der Waals surface area contributed by atoms with Crippen LogP contribution in [0.5, 0.6) is 0 Å².